The van der Waals surface area contributed by atoms with Crippen molar-refractivity contribution in [1.82, 2.24) is 14.9 Å². The third-order valence-electron chi connectivity index (χ3n) is 3.21. The summed E-state index contributed by atoms with van der Waals surface area (Å²) in [4.78, 5) is 24.1. The van der Waals surface area contributed by atoms with Gasteiger partial charge < -0.3 is 9.84 Å². The fourth-order valence-corrected chi connectivity index (χ4v) is 2.05. The Morgan fingerprint density at radius 2 is 2.00 bits per heavy atom. The number of nitrogens with zero attached hydrogens (tertiary/aromatic N) is 3. The molecule has 8 heteroatoms. The van der Waals surface area contributed by atoms with Crippen molar-refractivity contribution >= 4 is 11.7 Å². The molecule has 3 aromatic rings. The molecule has 3 rings (SSSR count). The summed E-state index contributed by atoms with van der Waals surface area (Å²) < 4.78 is 18.9. The first kappa shape index (κ1) is 15.6. The van der Waals surface area contributed by atoms with E-state index in [-0.39, 0.29) is 29.4 Å². The molecule has 1 amide bonds. The Labute approximate surface area is 135 Å². The molecule has 0 atom stereocenters. The minimum absolute atomic E-state index is 0.0531. The van der Waals surface area contributed by atoms with Crippen LogP contribution in [-0.2, 0) is 6.54 Å². The quantitative estimate of drug-likeness (QED) is 0.791. The second-order valence-corrected chi connectivity index (χ2v) is 5.12. The molecule has 1 aromatic carbocycles. The standard InChI is InChI=1S/C16H13FN4O3/c1-10-8-14(20-24-10)18-16(23)13-6-7-15(22)21(19-13)9-11-2-4-12(17)5-3-11/h2-8H,9H2,1H3,(H,18,20,23). The highest BCUT2D eigenvalue weighted by Crippen LogP contribution is 2.08. The van der Waals surface area contributed by atoms with Crippen molar-refractivity contribution in [3.05, 3.63) is 75.7 Å². The fraction of sp³-hybridized carbons (Fsp3) is 0.125. The third-order valence-corrected chi connectivity index (χ3v) is 3.21. The number of rotatable bonds is 4. The number of halogens is 1. The number of nitrogens with one attached hydrogen (secondary N) is 1. The maximum absolute atomic E-state index is 12.9. The number of aromatic nitrogens is 3. The van der Waals surface area contributed by atoms with Crippen LogP contribution < -0.4 is 10.9 Å². The number of carbonyl (C=O) groups excluding carboxylic acids is 1. The Kier molecular flexibility index (Phi) is 4.19. The summed E-state index contributed by atoms with van der Waals surface area (Å²) in [7, 11) is 0. The number of anilines is 1. The van der Waals surface area contributed by atoms with Crippen molar-refractivity contribution in [1.29, 1.82) is 0 Å². The van der Waals surface area contributed by atoms with Gasteiger partial charge in [-0.25, -0.2) is 9.07 Å². The van der Waals surface area contributed by atoms with E-state index in [1.807, 2.05) is 0 Å². The zero-order valence-electron chi connectivity index (χ0n) is 12.7. The molecule has 0 aliphatic rings. The minimum Gasteiger partial charge on any atom is -0.360 e. The molecule has 0 aliphatic carbocycles. The molecule has 0 fully saturated rings. The topological polar surface area (TPSA) is 90.0 Å². The van der Waals surface area contributed by atoms with Crippen molar-refractivity contribution in [2.45, 2.75) is 13.5 Å². The molecule has 0 bridgehead atoms. The van der Waals surface area contributed by atoms with Gasteiger partial charge in [0.2, 0.25) is 0 Å². The highest BCUT2D eigenvalue weighted by Gasteiger charge is 2.12. The van der Waals surface area contributed by atoms with Gasteiger partial charge in [-0.05, 0) is 30.7 Å². The van der Waals surface area contributed by atoms with Crippen LogP contribution in [0.1, 0.15) is 21.8 Å². The number of hydrogen-bond acceptors (Lipinski definition) is 5. The molecule has 1 N–H and O–H groups in total. The van der Waals surface area contributed by atoms with E-state index in [9.17, 15) is 14.0 Å². The van der Waals surface area contributed by atoms with Crippen molar-refractivity contribution in [3.63, 3.8) is 0 Å². The van der Waals surface area contributed by atoms with Crippen molar-refractivity contribution in [2.24, 2.45) is 0 Å². The van der Waals surface area contributed by atoms with Gasteiger partial charge >= 0.3 is 0 Å². The number of aryl methyl sites for hydroxylation is 1. The molecule has 0 aliphatic heterocycles. The maximum atomic E-state index is 12.9. The van der Waals surface area contributed by atoms with E-state index in [4.69, 9.17) is 4.52 Å². The molecular formula is C16H13FN4O3. The summed E-state index contributed by atoms with van der Waals surface area (Å²) in [6.45, 7) is 1.83. The average Bonchev–Trinajstić information content (AvgIpc) is 2.96. The van der Waals surface area contributed by atoms with Crippen LogP contribution in [0.15, 0.2) is 51.8 Å². The van der Waals surface area contributed by atoms with Gasteiger partial charge in [0.1, 0.15) is 17.3 Å². The summed E-state index contributed by atoms with van der Waals surface area (Å²) in [5.74, 6) is -0.0682. The summed E-state index contributed by atoms with van der Waals surface area (Å²) in [6, 6.07) is 9.83. The Hall–Kier alpha value is -3.29. The van der Waals surface area contributed by atoms with Gasteiger partial charge in [-0.1, -0.05) is 17.3 Å². The normalized spacial score (nSPS) is 10.6. The van der Waals surface area contributed by atoms with Crippen LogP contribution in [0, 0.1) is 12.7 Å². The fourth-order valence-electron chi connectivity index (χ4n) is 2.05. The molecule has 0 spiro atoms. The smallest absolute Gasteiger partial charge is 0.277 e. The third kappa shape index (κ3) is 3.54. The second kappa shape index (κ2) is 6.45. The van der Waals surface area contributed by atoms with E-state index in [2.05, 4.69) is 15.6 Å². The van der Waals surface area contributed by atoms with Crippen LogP contribution >= 0.6 is 0 Å². The first-order valence-electron chi connectivity index (χ1n) is 7.08. The molecule has 7 nitrogen and oxygen atoms in total. The van der Waals surface area contributed by atoms with Gasteiger partial charge in [-0.3, -0.25) is 9.59 Å². The molecule has 0 radical (unpaired) electrons. The summed E-state index contributed by atoms with van der Waals surface area (Å²) in [6.07, 6.45) is 0. The van der Waals surface area contributed by atoms with Gasteiger partial charge in [0.05, 0.1) is 6.54 Å². The number of benzene rings is 1. The van der Waals surface area contributed by atoms with Gasteiger partial charge in [0.25, 0.3) is 11.5 Å². The molecule has 24 heavy (non-hydrogen) atoms. The Morgan fingerprint density at radius 1 is 1.25 bits per heavy atom. The first-order chi connectivity index (χ1) is 11.5. The lowest BCUT2D eigenvalue weighted by molar-refractivity contribution is 0.101. The van der Waals surface area contributed by atoms with E-state index in [0.29, 0.717) is 11.3 Å². The van der Waals surface area contributed by atoms with Gasteiger partial charge in [0, 0.05) is 12.1 Å². The van der Waals surface area contributed by atoms with Crippen LogP contribution in [0.3, 0.4) is 0 Å². The monoisotopic (exact) mass is 328 g/mol. The zero-order valence-corrected chi connectivity index (χ0v) is 12.7. The van der Waals surface area contributed by atoms with E-state index >= 15 is 0 Å². The lowest BCUT2D eigenvalue weighted by atomic mass is 10.2. The lowest BCUT2D eigenvalue weighted by Crippen LogP contribution is -2.26. The second-order valence-electron chi connectivity index (χ2n) is 5.12. The molecule has 2 aromatic heterocycles. The molecule has 122 valence electrons. The van der Waals surface area contributed by atoms with E-state index in [0.717, 1.165) is 4.68 Å². The first-order valence-corrected chi connectivity index (χ1v) is 7.08. The van der Waals surface area contributed by atoms with Gasteiger partial charge in [-0.2, -0.15) is 5.10 Å². The summed E-state index contributed by atoms with van der Waals surface area (Å²) in [5.41, 5.74) is 0.376. The van der Waals surface area contributed by atoms with Crippen molar-refractivity contribution in [3.8, 4) is 0 Å². The zero-order chi connectivity index (χ0) is 17.1. The Morgan fingerprint density at radius 3 is 2.67 bits per heavy atom. The number of carbonyl (C=O) groups is 1. The van der Waals surface area contributed by atoms with E-state index < -0.39 is 5.91 Å². The van der Waals surface area contributed by atoms with E-state index in [1.54, 1.807) is 25.1 Å². The predicted molar refractivity (Wildman–Crippen MR) is 83.2 cm³/mol. The van der Waals surface area contributed by atoms with Gasteiger partial charge in [-0.15, -0.1) is 0 Å². The van der Waals surface area contributed by atoms with Crippen LogP contribution in [0.5, 0.6) is 0 Å². The maximum Gasteiger partial charge on any atom is 0.277 e. The largest absolute Gasteiger partial charge is 0.360 e. The lowest BCUT2D eigenvalue weighted by Gasteiger charge is -2.07. The summed E-state index contributed by atoms with van der Waals surface area (Å²) >= 11 is 0. The van der Waals surface area contributed by atoms with Crippen LogP contribution in [0.25, 0.3) is 0 Å². The Bertz CT molecular complexity index is 931. The summed E-state index contributed by atoms with van der Waals surface area (Å²) in [5, 5.41) is 10.2. The molecule has 2 heterocycles. The SMILES string of the molecule is Cc1cc(NC(=O)c2ccc(=O)n(Cc3ccc(F)cc3)n2)no1. The van der Waals surface area contributed by atoms with Crippen LogP contribution in [0.4, 0.5) is 10.2 Å². The number of hydrogen-bond donors (Lipinski definition) is 1. The van der Waals surface area contributed by atoms with Crippen LogP contribution in [0.2, 0.25) is 0 Å². The number of amides is 1. The van der Waals surface area contributed by atoms with E-state index in [1.165, 1.54) is 24.3 Å². The van der Waals surface area contributed by atoms with Gasteiger partial charge in [0.15, 0.2) is 5.82 Å². The average molecular weight is 328 g/mol. The highest BCUT2D eigenvalue weighted by atomic mass is 19.1. The Balaban J connectivity index is 1.81. The van der Waals surface area contributed by atoms with Crippen LogP contribution in [-0.4, -0.2) is 20.8 Å². The van der Waals surface area contributed by atoms with Crippen molar-refractivity contribution < 1.29 is 13.7 Å². The predicted octanol–water partition coefficient (Wildman–Crippen LogP) is 1.98. The molecule has 0 saturated carbocycles. The van der Waals surface area contributed by atoms with Crippen molar-refractivity contribution in [2.75, 3.05) is 5.32 Å². The molecular weight excluding hydrogens is 315 g/mol. The molecule has 0 unspecified atom stereocenters. The highest BCUT2D eigenvalue weighted by molar-refractivity contribution is 6.02. The minimum atomic E-state index is -0.517. The molecule has 0 saturated heterocycles.